The van der Waals surface area contributed by atoms with Crippen molar-refractivity contribution in [3.8, 4) is 10.4 Å². The highest BCUT2D eigenvalue weighted by Gasteiger charge is 2.43. The number of hydrogen-bond acceptors (Lipinski definition) is 12. The number of nitrogens with zero attached hydrogens (tertiary/aromatic N) is 6. The average Bonchev–Trinajstić information content (AvgIpc) is 4.00. The number of nitrogens with one attached hydrogen (secondary N) is 3. The molecule has 2 fully saturated rings. The van der Waals surface area contributed by atoms with E-state index in [9.17, 15) is 24.6 Å². The molecule has 2 aromatic heterocycles. The van der Waals surface area contributed by atoms with Crippen molar-refractivity contribution >= 4 is 46.5 Å². The molecule has 2 aliphatic heterocycles. The molecule has 3 aliphatic rings. The van der Waals surface area contributed by atoms with Gasteiger partial charge in [0.25, 0.3) is 0 Å². The van der Waals surface area contributed by atoms with Gasteiger partial charge in [-0.1, -0.05) is 82.3 Å². The number of thiazole rings is 1. The number of likely N-dealkylation sites (tertiary alicyclic amines) is 1. The Bertz CT molecular complexity index is 2330. The molecule has 16 heteroatoms. The van der Waals surface area contributed by atoms with E-state index in [4.69, 9.17) is 11.6 Å². The van der Waals surface area contributed by atoms with Gasteiger partial charge in [0.05, 0.1) is 45.9 Å². The van der Waals surface area contributed by atoms with E-state index in [-0.39, 0.29) is 42.6 Å². The second-order valence-corrected chi connectivity index (χ2v) is 20.6. The van der Waals surface area contributed by atoms with E-state index in [0.29, 0.717) is 81.4 Å². The second kappa shape index (κ2) is 21.4. The first kappa shape index (κ1) is 49.0. The first-order chi connectivity index (χ1) is 31.5. The molecule has 354 valence electrons. The van der Waals surface area contributed by atoms with Crippen LogP contribution in [-0.4, -0.2) is 117 Å². The first-order valence-corrected chi connectivity index (χ1v) is 24.5. The number of hydrogen-bond donors (Lipinski definition) is 5. The zero-order valence-corrected chi connectivity index (χ0v) is 40.7. The maximum absolute atomic E-state index is 14.3. The monoisotopic (exact) mass is 939 g/mol. The predicted octanol–water partition coefficient (Wildman–Crippen LogP) is 6.65. The Morgan fingerprint density at radius 1 is 0.924 bits per heavy atom. The number of carbonyl (C=O) groups is 3. The third kappa shape index (κ3) is 11.4. The molecule has 4 heterocycles. The number of aryl methyl sites for hydroxylation is 1. The quantitative estimate of drug-likeness (QED) is 0.0717. The Morgan fingerprint density at radius 2 is 1.62 bits per heavy atom. The minimum absolute atomic E-state index is 0.0352. The number of piperazine rings is 1. The maximum Gasteiger partial charge on any atom is 0.246 e. The van der Waals surface area contributed by atoms with Crippen molar-refractivity contribution in [1.82, 2.24) is 40.7 Å². The van der Waals surface area contributed by atoms with E-state index in [1.54, 1.807) is 28.4 Å². The summed E-state index contributed by atoms with van der Waals surface area (Å²) >= 11 is 7.85. The van der Waals surface area contributed by atoms with Gasteiger partial charge >= 0.3 is 0 Å². The Morgan fingerprint density at radius 3 is 2.29 bits per heavy atom. The molecule has 0 saturated carbocycles. The van der Waals surface area contributed by atoms with Crippen molar-refractivity contribution in [2.75, 3.05) is 50.7 Å². The van der Waals surface area contributed by atoms with Gasteiger partial charge < -0.3 is 40.9 Å². The lowest BCUT2D eigenvalue weighted by Gasteiger charge is -2.38. The van der Waals surface area contributed by atoms with Gasteiger partial charge in [0, 0.05) is 74.4 Å². The van der Waals surface area contributed by atoms with Gasteiger partial charge in [0.15, 0.2) is 0 Å². The van der Waals surface area contributed by atoms with Crippen LogP contribution in [0.15, 0.2) is 72.6 Å². The van der Waals surface area contributed by atoms with Crippen LogP contribution >= 0.6 is 22.9 Å². The van der Waals surface area contributed by atoms with Crippen LogP contribution in [0.4, 0.5) is 5.82 Å². The topological polar surface area (TPSA) is 176 Å². The number of unbranched alkanes of at least 4 members (excludes halogenated alkanes) is 1. The third-order valence-corrected chi connectivity index (χ3v) is 14.5. The van der Waals surface area contributed by atoms with E-state index in [2.05, 4.69) is 73.6 Å². The van der Waals surface area contributed by atoms with Crippen molar-refractivity contribution in [2.45, 2.75) is 116 Å². The van der Waals surface area contributed by atoms with Crippen molar-refractivity contribution in [3.05, 3.63) is 106 Å². The summed E-state index contributed by atoms with van der Waals surface area (Å²) in [5.74, 6) is 0.157. The molecule has 7 rings (SSSR count). The Labute approximate surface area is 398 Å². The number of rotatable bonds is 17. The highest BCUT2D eigenvalue weighted by Crippen LogP contribution is 2.43. The van der Waals surface area contributed by atoms with Gasteiger partial charge in [-0.2, -0.15) is 0 Å². The average molecular weight is 941 g/mol. The molecule has 5 N–H and O–H groups in total. The molecule has 2 aromatic carbocycles. The number of halogens is 1. The van der Waals surface area contributed by atoms with Crippen LogP contribution in [0.2, 0.25) is 5.02 Å². The van der Waals surface area contributed by atoms with Crippen molar-refractivity contribution in [1.29, 1.82) is 0 Å². The smallest absolute Gasteiger partial charge is 0.246 e. The summed E-state index contributed by atoms with van der Waals surface area (Å²) in [5.41, 5.74) is 7.67. The molecule has 2 saturated heterocycles. The van der Waals surface area contributed by atoms with Crippen molar-refractivity contribution in [2.24, 2.45) is 5.41 Å². The third-order valence-electron chi connectivity index (χ3n) is 13.3. The molecular formula is C50H66ClN9O5S. The summed E-state index contributed by atoms with van der Waals surface area (Å²) in [6.45, 7) is 19.8. The van der Waals surface area contributed by atoms with Gasteiger partial charge in [-0.3, -0.25) is 14.4 Å². The van der Waals surface area contributed by atoms with Crippen LogP contribution in [0, 0.1) is 12.3 Å². The SMILES string of the molecule is C=C(N[C@@H](C)c1ccc(-c2scnc2C)cc1)[C@@H]1C[C@@H](O)CN1C(=O)[C@@H](NC(=O)CCCCNC[C@@H](C(=O)N1CCN(c2ncnc3c2[C@H](C)C[C@H]3O)CC1)c1ccc(Cl)cc1)C(C)(C)C. The van der Waals surface area contributed by atoms with Crippen molar-refractivity contribution in [3.63, 3.8) is 0 Å². The lowest BCUT2D eigenvalue weighted by molar-refractivity contribution is -0.140. The summed E-state index contributed by atoms with van der Waals surface area (Å²) in [4.78, 5) is 62.2. The summed E-state index contributed by atoms with van der Waals surface area (Å²) in [5, 5.41) is 31.9. The molecule has 7 atom stereocenters. The van der Waals surface area contributed by atoms with E-state index in [1.165, 1.54) is 6.33 Å². The number of amides is 3. The van der Waals surface area contributed by atoms with Crippen LogP contribution in [-0.2, 0) is 14.4 Å². The fourth-order valence-electron chi connectivity index (χ4n) is 9.53. The van der Waals surface area contributed by atoms with Gasteiger partial charge in [0.1, 0.15) is 18.2 Å². The number of carbonyl (C=O) groups excluding carboxylic acids is 3. The summed E-state index contributed by atoms with van der Waals surface area (Å²) in [6.07, 6.45) is 2.73. The fourth-order valence-corrected chi connectivity index (χ4v) is 10.5. The second-order valence-electron chi connectivity index (χ2n) is 19.3. The van der Waals surface area contributed by atoms with Gasteiger partial charge in [0.2, 0.25) is 17.7 Å². The molecule has 1 aliphatic carbocycles. The molecule has 4 aromatic rings. The summed E-state index contributed by atoms with van der Waals surface area (Å²) < 4.78 is 0. The Balaban J connectivity index is 0.888. The van der Waals surface area contributed by atoms with Crippen molar-refractivity contribution < 1.29 is 24.6 Å². The number of aliphatic hydroxyl groups is 2. The molecular weight excluding hydrogens is 874 g/mol. The predicted molar refractivity (Wildman–Crippen MR) is 260 cm³/mol. The van der Waals surface area contributed by atoms with E-state index < -0.39 is 35.6 Å². The summed E-state index contributed by atoms with van der Waals surface area (Å²) in [6, 6.07) is 14.4. The number of anilines is 1. The van der Waals surface area contributed by atoms with Gasteiger partial charge in [-0.05, 0) is 79.8 Å². The highest BCUT2D eigenvalue weighted by molar-refractivity contribution is 7.13. The standard InChI is InChI=1S/C50H66ClN9O5S/c1-30-24-41(62)44-43(30)47(54-28-53-44)58-20-22-59(23-21-58)48(64)39(35-15-17-37(51)18-16-35)26-52-19-9-8-10-42(63)57-46(50(5,6)7)49(65)60-27-38(61)25-40(60)32(3)56-31(2)34-11-13-36(14-12-34)45-33(4)55-29-66-45/h11-18,28-31,38-41,46,52,56,61-62H,3,8-10,19-27H2,1-2,4-7H3,(H,57,63)/t30-,31+,38-,39-,40+,41-,46-/m1/s1. The van der Waals surface area contributed by atoms with E-state index >= 15 is 0 Å². The number of fused-ring (bicyclic) bond motifs is 1. The van der Waals surface area contributed by atoms with Gasteiger partial charge in [-0.25, -0.2) is 15.0 Å². The zero-order valence-electron chi connectivity index (χ0n) is 39.1. The molecule has 0 unspecified atom stereocenters. The zero-order chi connectivity index (χ0) is 47.3. The van der Waals surface area contributed by atoms with Crippen LogP contribution in [0.1, 0.15) is 119 Å². The molecule has 14 nitrogen and oxygen atoms in total. The molecule has 0 bridgehead atoms. The number of β-amino-alcohol motifs (C(OH)–C–C–N with tert-alkyl or cyclic N) is 1. The minimum atomic E-state index is -0.810. The van der Waals surface area contributed by atoms with E-state index in [0.717, 1.165) is 38.6 Å². The number of benzene rings is 2. The number of aromatic nitrogens is 3. The van der Waals surface area contributed by atoms with Crippen LogP contribution < -0.4 is 20.9 Å². The Kier molecular flexibility index (Phi) is 15.9. The highest BCUT2D eigenvalue weighted by atomic mass is 35.5. The Hall–Kier alpha value is -4.93. The first-order valence-electron chi connectivity index (χ1n) is 23.3. The summed E-state index contributed by atoms with van der Waals surface area (Å²) in [7, 11) is 0. The lowest BCUT2D eigenvalue weighted by atomic mass is 9.85. The van der Waals surface area contributed by atoms with Crippen LogP contribution in [0.25, 0.3) is 10.4 Å². The van der Waals surface area contributed by atoms with Crippen LogP contribution in [0.3, 0.4) is 0 Å². The fraction of sp³-hybridized carbons (Fsp3) is 0.520. The largest absolute Gasteiger partial charge is 0.391 e. The molecule has 66 heavy (non-hydrogen) atoms. The molecule has 0 radical (unpaired) electrons. The van der Waals surface area contributed by atoms with E-state index in [1.807, 2.05) is 57.2 Å². The van der Waals surface area contributed by atoms with Gasteiger partial charge in [-0.15, -0.1) is 11.3 Å². The lowest BCUT2D eigenvalue weighted by Crippen LogP contribution is -2.56. The molecule has 0 spiro atoms. The van der Waals surface area contributed by atoms with Crippen LogP contribution in [0.5, 0.6) is 0 Å². The number of aliphatic hydroxyl groups excluding tert-OH is 2. The normalized spacial score (nSPS) is 21.0. The minimum Gasteiger partial charge on any atom is -0.391 e. The molecule has 3 amide bonds. The maximum atomic E-state index is 14.3.